The number of aromatic nitrogens is 4. The molecule has 0 saturated carbocycles. The van der Waals surface area contributed by atoms with Gasteiger partial charge in [-0.25, -0.2) is 9.67 Å². The highest BCUT2D eigenvalue weighted by Crippen LogP contribution is 2.25. The summed E-state index contributed by atoms with van der Waals surface area (Å²) >= 11 is 0. The van der Waals surface area contributed by atoms with Gasteiger partial charge in [0.05, 0.1) is 29.1 Å². The van der Waals surface area contributed by atoms with Crippen LogP contribution in [0.25, 0.3) is 22.3 Å². The number of carbonyl (C=O) groups excluding carboxylic acids is 1. The second kappa shape index (κ2) is 9.74. The Morgan fingerprint density at radius 3 is 2.81 bits per heavy atom. The fourth-order valence-corrected chi connectivity index (χ4v) is 3.75. The quantitative estimate of drug-likeness (QED) is 0.435. The Labute approximate surface area is 187 Å². The first-order valence-electron chi connectivity index (χ1n) is 10.9. The first kappa shape index (κ1) is 21.7. The van der Waals surface area contributed by atoms with Gasteiger partial charge < -0.3 is 9.73 Å². The van der Waals surface area contributed by atoms with Gasteiger partial charge in [0.1, 0.15) is 12.3 Å². The van der Waals surface area contributed by atoms with Crippen molar-refractivity contribution in [3.63, 3.8) is 0 Å². The van der Waals surface area contributed by atoms with Gasteiger partial charge in [0.25, 0.3) is 5.91 Å². The number of nitrogens with zero attached hydrogens (tertiary/aromatic N) is 5. The zero-order chi connectivity index (χ0) is 22.5. The number of pyridine rings is 2. The smallest absolute Gasteiger partial charge is 0.252 e. The molecule has 32 heavy (non-hydrogen) atoms. The Kier molecular flexibility index (Phi) is 6.61. The topological polar surface area (TPSA) is 89.1 Å². The van der Waals surface area contributed by atoms with Crippen molar-refractivity contribution in [2.75, 3.05) is 19.6 Å². The number of nitrogens with one attached hydrogen (secondary N) is 1. The number of rotatable bonds is 9. The van der Waals surface area contributed by atoms with Gasteiger partial charge in [0.2, 0.25) is 0 Å². The molecule has 8 nitrogen and oxygen atoms in total. The van der Waals surface area contributed by atoms with E-state index in [1.807, 2.05) is 30.3 Å². The highest BCUT2D eigenvalue weighted by molar-refractivity contribution is 6.06. The van der Waals surface area contributed by atoms with E-state index in [2.05, 4.69) is 41.1 Å². The van der Waals surface area contributed by atoms with Crippen molar-refractivity contribution in [2.24, 2.45) is 0 Å². The molecule has 0 aliphatic carbocycles. The molecule has 0 spiro atoms. The maximum Gasteiger partial charge on any atom is 0.252 e. The van der Waals surface area contributed by atoms with Crippen molar-refractivity contribution in [3.8, 4) is 11.3 Å². The second-order valence-electron chi connectivity index (χ2n) is 7.89. The third-order valence-electron chi connectivity index (χ3n) is 5.52. The summed E-state index contributed by atoms with van der Waals surface area (Å²) in [6, 6.07) is 9.75. The normalized spacial score (nSPS) is 11.5. The average molecular weight is 433 g/mol. The first-order valence-corrected chi connectivity index (χ1v) is 10.9. The molecule has 0 saturated heterocycles. The number of likely N-dealkylation sites (N-methyl/N-ethyl adjacent to an activating group) is 1. The Morgan fingerprint density at radius 1 is 1.25 bits per heavy atom. The minimum absolute atomic E-state index is 0.139. The zero-order valence-electron chi connectivity index (χ0n) is 18.7. The summed E-state index contributed by atoms with van der Waals surface area (Å²) in [7, 11) is 0. The zero-order valence-corrected chi connectivity index (χ0v) is 18.7. The van der Waals surface area contributed by atoms with Crippen molar-refractivity contribution in [2.45, 2.75) is 33.4 Å². The molecule has 8 heteroatoms. The van der Waals surface area contributed by atoms with E-state index in [9.17, 15) is 4.79 Å². The van der Waals surface area contributed by atoms with Crippen LogP contribution in [0.15, 0.2) is 59.6 Å². The summed E-state index contributed by atoms with van der Waals surface area (Å²) in [5.41, 5.74) is 2.69. The van der Waals surface area contributed by atoms with E-state index in [1.165, 1.54) is 0 Å². The number of fused-ring (bicyclic) bond motifs is 1. The predicted molar refractivity (Wildman–Crippen MR) is 123 cm³/mol. The summed E-state index contributed by atoms with van der Waals surface area (Å²) < 4.78 is 7.22. The lowest BCUT2D eigenvalue weighted by Crippen LogP contribution is -2.38. The number of hydrogen-bond acceptors (Lipinski definition) is 6. The second-order valence-corrected chi connectivity index (χ2v) is 7.89. The number of carbonyl (C=O) groups is 1. The van der Waals surface area contributed by atoms with E-state index in [0.717, 1.165) is 24.4 Å². The molecule has 4 aromatic rings. The molecule has 1 amide bonds. The van der Waals surface area contributed by atoms with Gasteiger partial charge in [-0.1, -0.05) is 6.92 Å². The van der Waals surface area contributed by atoms with E-state index in [1.54, 1.807) is 29.5 Å². The van der Waals surface area contributed by atoms with E-state index in [4.69, 9.17) is 9.40 Å². The van der Waals surface area contributed by atoms with Crippen LogP contribution in [-0.2, 0) is 6.54 Å². The molecule has 0 bridgehead atoms. The highest BCUT2D eigenvalue weighted by atomic mass is 16.3. The molecular weight excluding hydrogens is 404 g/mol. The molecule has 0 aromatic carbocycles. The highest BCUT2D eigenvalue weighted by Gasteiger charge is 2.18. The Morgan fingerprint density at radius 2 is 2.12 bits per heavy atom. The van der Waals surface area contributed by atoms with Crippen molar-refractivity contribution in [3.05, 3.63) is 66.5 Å². The van der Waals surface area contributed by atoms with Crippen LogP contribution in [0.5, 0.6) is 0 Å². The Hall–Kier alpha value is -3.52. The molecule has 0 aliphatic rings. The Balaban J connectivity index is 1.67. The molecule has 4 rings (SSSR count). The van der Waals surface area contributed by atoms with Gasteiger partial charge in [0, 0.05) is 37.1 Å². The molecule has 0 atom stereocenters. The molecular formula is C24H28N6O2. The summed E-state index contributed by atoms with van der Waals surface area (Å²) in [5, 5.41) is 8.25. The van der Waals surface area contributed by atoms with Gasteiger partial charge in [-0.2, -0.15) is 5.10 Å². The third kappa shape index (κ3) is 4.70. The monoisotopic (exact) mass is 432 g/mol. The lowest BCUT2D eigenvalue weighted by Gasteiger charge is -2.24. The van der Waals surface area contributed by atoms with Gasteiger partial charge >= 0.3 is 0 Å². The van der Waals surface area contributed by atoms with Gasteiger partial charge in [-0.05, 0) is 50.7 Å². The van der Waals surface area contributed by atoms with Crippen molar-refractivity contribution in [1.82, 2.24) is 30.0 Å². The Bertz CT molecular complexity index is 1170. The molecule has 166 valence electrons. The molecule has 4 heterocycles. The summed E-state index contributed by atoms with van der Waals surface area (Å²) in [6.45, 7) is 9.18. The maximum atomic E-state index is 13.2. The van der Waals surface area contributed by atoms with E-state index < -0.39 is 0 Å². The SMILES string of the molecule is CCN(CCNC(=O)c1cc(-c2cccnc2)nc2c1cnn2Cc1ccco1)C(C)C. The maximum absolute atomic E-state index is 13.2. The number of furan rings is 1. The summed E-state index contributed by atoms with van der Waals surface area (Å²) in [4.78, 5) is 24.5. The van der Waals surface area contributed by atoms with Crippen LogP contribution in [0.2, 0.25) is 0 Å². The van der Waals surface area contributed by atoms with Crippen LogP contribution >= 0.6 is 0 Å². The standard InChI is InChI=1S/C24H28N6O2/c1-4-29(17(2)3)11-10-26-24(31)20-13-22(18-7-5-9-25-14-18)28-23-21(20)15-27-30(23)16-19-8-6-12-32-19/h5-9,12-15,17H,4,10-11,16H2,1-3H3,(H,26,31). The van der Waals surface area contributed by atoms with Crippen LogP contribution in [-0.4, -0.2) is 56.2 Å². The predicted octanol–water partition coefficient (Wildman–Crippen LogP) is 3.59. The number of amides is 1. The van der Waals surface area contributed by atoms with Crippen LogP contribution in [0, 0.1) is 0 Å². The van der Waals surface area contributed by atoms with Gasteiger partial charge in [-0.15, -0.1) is 0 Å². The summed E-state index contributed by atoms with van der Waals surface area (Å²) in [5.74, 6) is 0.628. The fraction of sp³-hybridized carbons (Fsp3) is 0.333. The third-order valence-corrected chi connectivity index (χ3v) is 5.52. The lowest BCUT2D eigenvalue weighted by molar-refractivity contribution is 0.0947. The minimum atomic E-state index is -0.139. The van der Waals surface area contributed by atoms with Crippen molar-refractivity contribution in [1.29, 1.82) is 0 Å². The number of hydrogen-bond donors (Lipinski definition) is 1. The molecule has 0 radical (unpaired) electrons. The fourth-order valence-electron chi connectivity index (χ4n) is 3.75. The van der Waals surface area contributed by atoms with E-state index in [-0.39, 0.29) is 5.91 Å². The van der Waals surface area contributed by atoms with Crippen LogP contribution in [0.4, 0.5) is 0 Å². The van der Waals surface area contributed by atoms with E-state index in [0.29, 0.717) is 41.4 Å². The van der Waals surface area contributed by atoms with Crippen molar-refractivity contribution >= 4 is 16.9 Å². The lowest BCUT2D eigenvalue weighted by atomic mass is 10.1. The van der Waals surface area contributed by atoms with Crippen LogP contribution in [0.1, 0.15) is 36.9 Å². The first-order chi connectivity index (χ1) is 15.6. The molecule has 4 aromatic heterocycles. The van der Waals surface area contributed by atoms with E-state index >= 15 is 0 Å². The largest absolute Gasteiger partial charge is 0.467 e. The minimum Gasteiger partial charge on any atom is -0.467 e. The van der Waals surface area contributed by atoms with Crippen LogP contribution < -0.4 is 5.32 Å². The average Bonchev–Trinajstić information content (AvgIpc) is 3.47. The summed E-state index contributed by atoms with van der Waals surface area (Å²) in [6.07, 6.45) is 6.78. The molecule has 0 aliphatic heterocycles. The van der Waals surface area contributed by atoms with Crippen LogP contribution in [0.3, 0.4) is 0 Å². The van der Waals surface area contributed by atoms with Gasteiger partial charge in [-0.3, -0.25) is 14.7 Å². The van der Waals surface area contributed by atoms with Crippen molar-refractivity contribution < 1.29 is 9.21 Å². The van der Waals surface area contributed by atoms with Gasteiger partial charge in [0.15, 0.2) is 5.65 Å². The molecule has 1 N–H and O–H groups in total. The molecule has 0 fully saturated rings. The molecule has 0 unspecified atom stereocenters.